The molecule has 2 nitrogen and oxygen atoms in total. The molecule has 0 radical (unpaired) electrons. The predicted octanol–water partition coefficient (Wildman–Crippen LogP) is 3.61. The van der Waals surface area contributed by atoms with E-state index in [9.17, 15) is 0 Å². The Balaban J connectivity index is 2.20. The Morgan fingerprint density at radius 1 is 1.39 bits per heavy atom. The van der Waals surface area contributed by atoms with Crippen molar-refractivity contribution in [3.8, 4) is 0 Å². The molecule has 0 spiro atoms. The molecule has 1 saturated heterocycles. The van der Waals surface area contributed by atoms with Crippen molar-refractivity contribution in [2.75, 3.05) is 13.1 Å². The van der Waals surface area contributed by atoms with E-state index in [2.05, 4.69) is 29.9 Å². The lowest BCUT2D eigenvalue weighted by Gasteiger charge is -2.24. The summed E-state index contributed by atoms with van der Waals surface area (Å²) in [7, 11) is 2.14. The minimum absolute atomic E-state index is 0.618. The highest BCUT2D eigenvalue weighted by Gasteiger charge is 2.23. The summed E-state index contributed by atoms with van der Waals surface area (Å²) in [4.78, 5) is 0. The minimum Gasteiger partial charge on any atom is -0.346 e. The van der Waals surface area contributed by atoms with Crippen LogP contribution in [0.2, 0.25) is 5.02 Å². The molecule has 1 unspecified atom stereocenters. The average Bonchev–Trinajstić information content (AvgIpc) is 2.64. The highest BCUT2D eigenvalue weighted by molar-refractivity contribution is 6.35. The zero-order chi connectivity index (χ0) is 12.7. The molecule has 3 heteroatoms. The Hall–Kier alpha value is -0.990. The quantitative estimate of drug-likeness (QED) is 0.831. The Morgan fingerprint density at radius 2 is 2.22 bits per heavy atom. The summed E-state index contributed by atoms with van der Waals surface area (Å²) in [5.41, 5.74) is 4.02. The van der Waals surface area contributed by atoms with Gasteiger partial charge in [-0.05, 0) is 37.9 Å². The first-order chi connectivity index (χ1) is 8.70. The largest absolute Gasteiger partial charge is 0.346 e. The number of nitrogens with one attached hydrogen (secondary N) is 1. The van der Waals surface area contributed by atoms with E-state index in [1.807, 2.05) is 12.1 Å². The van der Waals surface area contributed by atoms with Crippen LogP contribution in [0.4, 0.5) is 0 Å². The van der Waals surface area contributed by atoms with E-state index in [0.717, 1.165) is 18.1 Å². The molecule has 0 bridgehead atoms. The fourth-order valence-electron chi connectivity index (χ4n) is 3.33. The molecule has 0 saturated carbocycles. The number of aryl methyl sites for hydroxylation is 2. The van der Waals surface area contributed by atoms with Crippen molar-refractivity contribution in [2.24, 2.45) is 7.05 Å². The van der Waals surface area contributed by atoms with Gasteiger partial charge < -0.3 is 9.88 Å². The van der Waals surface area contributed by atoms with Gasteiger partial charge in [0.2, 0.25) is 0 Å². The molecular formula is C15H19ClN2. The summed E-state index contributed by atoms with van der Waals surface area (Å²) in [6.45, 7) is 4.46. The Labute approximate surface area is 113 Å². The van der Waals surface area contributed by atoms with E-state index in [1.165, 1.54) is 35.0 Å². The van der Waals surface area contributed by atoms with Gasteiger partial charge in [0.05, 0.1) is 10.5 Å². The molecule has 1 fully saturated rings. The summed E-state index contributed by atoms with van der Waals surface area (Å²) >= 11 is 6.35. The second-order valence-electron chi connectivity index (χ2n) is 5.25. The van der Waals surface area contributed by atoms with Crippen LogP contribution < -0.4 is 5.32 Å². The maximum Gasteiger partial charge on any atom is 0.0672 e. The molecule has 1 aliphatic heterocycles. The van der Waals surface area contributed by atoms with Crippen LogP contribution in [-0.2, 0) is 7.05 Å². The Kier molecular flexibility index (Phi) is 3.08. The SMILES string of the molecule is Cc1c(C2CCCNC2)n(C)c2c(Cl)cccc12. The lowest BCUT2D eigenvalue weighted by molar-refractivity contribution is 0.447. The third-order valence-corrected chi connectivity index (χ3v) is 4.46. The lowest BCUT2D eigenvalue weighted by atomic mass is 9.93. The summed E-state index contributed by atoms with van der Waals surface area (Å²) in [6, 6.07) is 6.20. The highest BCUT2D eigenvalue weighted by Crippen LogP contribution is 2.35. The molecule has 2 heterocycles. The number of hydrogen-bond acceptors (Lipinski definition) is 1. The number of fused-ring (bicyclic) bond motifs is 1. The van der Waals surface area contributed by atoms with Crippen LogP contribution in [0.3, 0.4) is 0 Å². The number of hydrogen-bond donors (Lipinski definition) is 1. The van der Waals surface area contributed by atoms with Crippen molar-refractivity contribution < 1.29 is 0 Å². The third-order valence-electron chi connectivity index (χ3n) is 4.16. The van der Waals surface area contributed by atoms with Gasteiger partial charge >= 0.3 is 0 Å². The molecule has 0 aliphatic carbocycles. The summed E-state index contributed by atoms with van der Waals surface area (Å²) in [5.74, 6) is 0.618. The van der Waals surface area contributed by atoms with Crippen LogP contribution in [0.5, 0.6) is 0 Å². The number of aromatic nitrogens is 1. The van der Waals surface area contributed by atoms with Gasteiger partial charge in [0, 0.05) is 30.6 Å². The van der Waals surface area contributed by atoms with Crippen LogP contribution >= 0.6 is 11.6 Å². The maximum absolute atomic E-state index is 6.35. The lowest BCUT2D eigenvalue weighted by Crippen LogP contribution is -2.29. The number of rotatable bonds is 1. The zero-order valence-corrected chi connectivity index (χ0v) is 11.7. The molecule has 0 amide bonds. The molecule has 3 rings (SSSR count). The normalized spacial score (nSPS) is 20.5. The van der Waals surface area contributed by atoms with E-state index < -0.39 is 0 Å². The first kappa shape index (κ1) is 12.1. The maximum atomic E-state index is 6.35. The smallest absolute Gasteiger partial charge is 0.0672 e. The topological polar surface area (TPSA) is 17.0 Å². The molecule has 1 N–H and O–H groups in total. The second-order valence-corrected chi connectivity index (χ2v) is 5.66. The van der Waals surface area contributed by atoms with E-state index >= 15 is 0 Å². The highest BCUT2D eigenvalue weighted by atomic mass is 35.5. The van der Waals surface area contributed by atoms with Crippen molar-refractivity contribution in [1.82, 2.24) is 9.88 Å². The average molecular weight is 263 g/mol. The van der Waals surface area contributed by atoms with Crippen molar-refractivity contribution >= 4 is 22.5 Å². The number of para-hydroxylation sites is 1. The van der Waals surface area contributed by atoms with Gasteiger partial charge in [-0.25, -0.2) is 0 Å². The van der Waals surface area contributed by atoms with Crippen LogP contribution in [0, 0.1) is 6.92 Å². The minimum atomic E-state index is 0.618. The molecule has 2 aromatic rings. The van der Waals surface area contributed by atoms with Gasteiger partial charge in [-0.1, -0.05) is 23.7 Å². The van der Waals surface area contributed by atoms with E-state index in [0.29, 0.717) is 5.92 Å². The van der Waals surface area contributed by atoms with Crippen LogP contribution in [0.15, 0.2) is 18.2 Å². The summed E-state index contributed by atoms with van der Waals surface area (Å²) < 4.78 is 2.30. The first-order valence-corrected chi connectivity index (χ1v) is 7.02. The summed E-state index contributed by atoms with van der Waals surface area (Å²) in [5, 5.41) is 5.65. The van der Waals surface area contributed by atoms with Crippen molar-refractivity contribution in [3.05, 3.63) is 34.5 Å². The fraction of sp³-hybridized carbons (Fsp3) is 0.467. The molecule has 18 heavy (non-hydrogen) atoms. The van der Waals surface area contributed by atoms with Gasteiger partial charge in [0.15, 0.2) is 0 Å². The van der Waals surface area contributed by atoms with Crippen molar-refractivity contribution in [2.45, 2.75) is 25.7 Å². The molecule has 1 aromatic heterocycles. The van der Waals surface area contributed by atoms with Gasteiger partial charge in [-0.2, -0.15) is 0 Å². The molecular weight excluding hydrogens is 244 g/mol. The molecule has 1 aliphatic rings. The number of benzene rings is 1. The van der Waals surface area contributed by atoms with E-state index in [1.54, 1.807) is 0 Å². The molecule has 96 valence electrons. The second kappa shape index (κ2) is 4.60. The van der Waals surface area contributed by atoms with Crippen molar-refractivity contribution in [1.29, 1.82) is 0 Å². The van der Waals surface area contributed by atoms with Crippen molar-refractivity contribution in [3.63, 3.8) is 0 Å². The summed E-state index contributed by atoms with van der Waals surface area (Å²) in [6.07, 6.45) is 2.54. The molecule has 1 aromatic carbocycles. The number of nitrogens with zero attached hydrogens (tertiary/aromatic N) is 1. The van der Waals surface area contributed by atoms with Gasteiger partial charge in [0.1, 0.15) is 0 Å². The monoisotopic (exact) mass is 262 g/mol. The van der Waals surface area contributed by atoms with Gasteiger partial charge in [-0.15, -0.1) is 0 Å². The van der Waals surface area contributed by atoms with E-state index in [-0.39, 0.29) is 0 Å². The van der Waals surface area contributed by atoms with Gasteiger partial charge in [-0.3, -0.25) is 0 Å². The number of piperidine rings is 1. The Morgan fingerprint density at radius 3 is 2.89 bits per heavy atom. The standard InChI is InChI=1S/C15H19ClN2/c1-10-12-6-3-7-13(16)15(12)18(2)14(10)11-5-4-8-17-9-11/h3,6-7,11,17H,4-5,8-9H2,1-2H3. The van der Waals surface area contributed by atoms with Crippen LogP contribution in [-0.4, -0.2) is 17.7 Å². The van der Waals surface area contributed by atoms with E-state index in [4.69, 9.17) is 11.6 Å². The molecule has 1 atom stereocenters. The fourth-order valence-corrected chi connectivity index (χ4v) is 3.64. The predicted molar refractivity (Wildman–Crippen MR) is 77.5 cm³/mol. The first-order valence-electron chi connectivity index (χ1n) is 6.64. The third kappa shape index (κ3) is 1.75. The zero-order valence-electron chi connectivity index (χ0n) is 11.0. The van der Waals surface area contributed by atoms with Crippen LogP contribution in [0.1, 0.15) is 30.0 Å². The van der Waals surface area contributed by atoms with Crippen LogP contribution in [0.25, 0.3) is 10.9 Å². The number of halogens is 1. The van der Waals surface area contributed by atoms with Gasteiger partial charge in [0.25, 0.3) is 0 Å². The Bertz CT molecular complexity index is 580.